The Labute approximate surface area is 165 Å². The lowest BCUT2D eigenvalue weighted by Gasteiger charge is -2.22. The number of benzene rings is 1. The Morgan fingerprint density at radius 2 is 1.71 bits per heavy atom. The molecule has 0 aliphatic heterocycles. The van der Waals surface area contributed by atoms with Crippen molar-refractivity contribution in [3.8, 4) is 0 Å². The molecule has 0 aromatic heterocycles. The monoisotopic (exact) mass is 394 g/mol. The Balaban J connectivity index is 0.000000769. The van der Waals surface area contributed by atoms with Crippen LogP contribution < -0.4 is 5.32 Å². The first-order valence-corrected chi connectivity index (χ1v) is 8.72. The lowest BCUT2D eigenvalue weighted by atomic mass is 10.1. The summed E-state index contributed by atoms with van der Waals surface area (Å²) in [6, 6.07) is 8.02. The van der Waals surface area contributed by atoms with Gasteiger partial charge in [0.25, 0.3) is 0 Å². The van der Waals surface area contributed by atoms with E-state index in [2.05, 4.69) is 31.2 Å². The van der Waals surface area contributed by atoms with Crippen LogP contribution in [0.2, 0.25) is 0 Å². The highest BCUT2D eigenvalue weighted by atomic mass is 16.6. The molecule has 0 saturated carbocycles. The second-order valence-corrected chi connectivity index (χ2v) is 7.08. The number of aliphatic hydroxyl groups is 1. The number of carboxylic acids is 2. The molecule has 0 bridgehead atoms. The Kier molecular flexibility index (Phi) is 11.4. The van der Waals surface area contributed by atoms with Crippen molar-refractivity contribution in [2.24, 2.45) is 5.16 Å². The highest BCUT2D eigenvalue weighted by molar-refractivity contribution is 5.99. The molecule has 0 aliphatic carbocycles. The van der Waals surface area contributed by atoms with Crippen molar-refractivity contribution >= 4 is 17.7 Å². The molecule has 4 N–H and O–H groups in total. The number of hydrogen-bond donors (Lipinski definition) is 4. The van der Waals surface area contributed by atoms with Gasteiger partial charge in [0.2, 0.25) is 0 Å². The molecule has 8 heteroatoms. The van der Waals surface area contributed by atoms with E-state index >= 15 is 0 Å². The van der Waals surface area contributed by atoms with E-state index in [0.717, 1.165) is 16.8 Å². The summed E-state index contributed by atoms with van der Waals surface area (Å²) in [5.41, 5.74) is 3.03. The largest absolute Gasteiger partial charge is 0.478 e. The standard InChI is InChI=1S/C16H26N2O2.C4H4O4/c1-12-8-6-7-9-15(12)13(2)18-20-11-14(19)10-17-16(3,4)5;5-3(6)1-2-4(7)8/h6-9,14,17,19H,10-11H2,1-5H3;1-2H,(H,5,6)(H,7,8)/b18-13+;2-1-. The fourth-order valence-electron chi connectivity index (χ4n) is 1.87. The lowest BCUT2D eigenvalue weighted by molar-refractivity contribution is -0.134. The summed E-state index contributed by atoms with van der Waals surface area (Å²) in [5, 5.41) is 32.7. The molecule has 0 heterocycles. The lowest BCUT2D eigenvalue weighted by Crippen LogP contribution is -2.42. The summed E-state index contributed by atoms with van der Waals surface area (Å²) in [4.78, 5) is 24.3. The Bertz CT molecular complexity index is 676. The molecule has 0 saturated heterocycles. The predicted octanol–water partition coefficient (Wildman–Crippen LogP) is 2.20. The zero-order chi connectivity index (χ0) is 21.7. The highest BCUT2D eigenvalue weighted by Gasteiger charge is 2.12. The summed E-state index contributed by atoms with van der Waals surface area (Å²) in [6.45, 7) is 10.8. The number of hydrogen-bond acceptors (Lipinski definition) is 6. The van der Waals surface area contributed by atoms with Crippen LogP contribution in [0, 0.1) is 6.92 Å². The number of nitrogens with zero attached hydrogens (tertiary/aromatic N) is 1. The van der Waals surface area contributed by atoms with Crippen molar-refractivity contribution in [2.75, 3.05) is 13.2 Å². The number of oxime groups is 1. The predicted molar refractivity (Wildman–Crippen MR) is 108 cm³/mol. The molecule has 1 aromatic carbocycles. The molecule has 156 valence electrons. The molecule has 28 heavy (non-hydrogen) atoms. The fraction of sp³-hybridized carbons (Fsp3) is 0.450. The van der Waals surface area contributed by atoms with E-state index in [9.17, 15) is 14.7 Å². The Morgan fingerprint density at radius 1 is 1.18 bits per heavy atom. The maximum atomic E-state index is 9.79. The minimum Gasteiger partial charge on any atom is -0.478 e. The Hall–Kier alpha value is -2.71. The van der Waals surface area contributed by atoms with Crippen LogP contribution in [0.4, 0.5) is 0 Å². The van der Waals surface area contributed by atoms with E-state index in [-0.39, 0.29) is 12.1 Å². The summed E-state index contributed by atoms with van der Waals surface area (Å²) < 4.78 is 0. The van der Waals surface area contributed by atoms with Gasteiger partial charge >= 0.3 is 11.9 Å². The van der Waals surface area contributed by atoms with Crippen molar-refractivity contribution in [3.05, 3.63) is 47.5 Å². The summed E-state index contributed by atoms with van der Waals surface area (Å²) >= 11 is 0. The summed E-state index contributed by atoms with van der Waals surface area (Å²) in [5.74, 6) is -2.51. The Morgan fingerprint density at radius 3 is 2.18 bits per heavy atom. The minimum atomic E-state index is -1.26. The molecule has 0 amide bonds. The SMILES string of the molecule is C/C(=N\OCC(O)CNC(C)(C)C)c1ccccc1C.O=C(O)/C=C\C(=O)O. The average molecular weight is 394 g/mol. The average Bonchev–Trinajstić information content (AvgIpc) is 2.58. The van der Waals surface area contributed by atoms with Crippen molar-refractivity contribution in [1.82, 2.24) is 5.32 Å². The highest BCUT2D eigenvalue weighted by Crippen LogP contribution is 2.08. The van der Waals surface area contributed by atoms with Crippen molar-refractivity contribution in [3.63, 3.8) is 0 Å². The van der Waals surface area contributed by atoms with Crippen LogP contribution >= 0.6 is 0 Å². The number of nitrogens with one attached hydrogen (secondary N) is 1. The topological polar surface area (TPSA) is 128 Å². The number of carbonyl (C=O) groups is 2. The van der Waals surface area contributed by atoms with Crippen molar-refractivity contribution in [2.45, 2.75) is 46.3 Å². The third-order valence-electron chi connectivity index (χ3n) is 3.24. The van der Waals surface area contributed by atoms with E-state index in [1.54, 1.807) is 0 Å². The van der Waals surface area contributed by atoms with Crippen LogP contribution in [0.3, 0.4) is 0 Å². The van der Waals surface area contributed by atoms with Crippen LogP contribution in [-0.4, -0.2) is 57.8 Å². The van der Waals surface area contributed by atoms with Gasteiger partial charge in [0.15, 0.2) is 0 Å². The molecule has 0 spiro atoms. The van der Waals surface area contributed by atoms with Gasteiger partial charge in [0.1, 0.15) is 12.7 Å². The van der Waals surface area contributed by atoms with Gasteiger partial charge in [0, 0.05) is 29.8 Å². The zero-order valence-corrected chi connectivity index (χ0v) is 17.0. The van der Waals surface area contributed by atoms with Gasteiger partial charge < -0.3 is 25.5 Å². The fourth-order valence-corrected chi connectivity index (χ4v) is 1.87. The maximum absolute atomic E-state index is 9.79. The molecule has 1 rings (SSSR count). The third-order valence-corrected chi connectivity index (χ3v) is 3.24. The number of aryl methyl sites for hydroxylation is 1. The normalized spacial score (nSPS) is 12.9. The molecule has 0 fully saturated rings. The molecular formula is C20H30N2O6. The zero-order valence-electron chi connectivity index (χ0n) is 17.0. The van der Waals surface area contributed by atoms with Gasteiger partial charge in [-0.15, -0.1) is 0 Å². The molecular weight excluding hydrogens is 364 g/mol. The van der Waals surface area contributed by atoms with Gasteiger partial charge in [-0.2, -0.15) is 0 Å². The second-order valence-electron chi connectivity index (χ2n) is 7.08. The number of aliphatic hydroxyl groups excluding tert-OH is 1. The van der Waals surface area contributed by atoms with Gasteiger partial charge in [0.05, 0.1) is 5.71 Å². The van der Waals surface area contributed by atoms with E-state index in [1.165, 1.54) is 0 Å². The molecule has 1 unspecified atom stereocenters. The first-order chi connectivity index (χ1) is 12.9. The van der Waals surface area contributed by atoms with Gasteiger partial charge in [-0.25, -0.2) is 9.59 Å². The van der Waals surface area contributed by atoms with Gasteiger partial charge in [-0.05, 0) is 40.2 Å². The van der Waals surface area contributed by atoms with Crippen LogP contribution in [-0.2, 0) is 14.4 Å². The smallest absolute Gasteiger partial charge is 0.328 e. The second kappa shape index (κ2) is 12.6. The number of β-amino-alcohol motifs (C(OH)–C–C–N with tert-alkyl or cyclic N) is 1. The first-order valence-electron chi connectivity index (χ1n) is 8.72. The van der Waals surface area contributed by atoms with Crippen LogP contribution in [0.1, 0.15) is 38.8 Å². The van der Waals surface area contributed by atoms with E-state index < -0.39 is 18.0 Å². The minimum absolute atomic E-state index is 0.0126. The summed E-state index contributed by atoms with van der Waals surface area (Å²) in [6.07, 6.45) is 0.549. The van der Waals surface area contributed by atoms with E-state index in [0.29, 0.717) is 18.7 Å². The summed E-state index contributed by atoms with van der Waals surface area (Å²) in [7, 11) is 0. The van der Waals surface area contributed by atoms with Crippen LogP contribution in [0.15, 0.2) is 41.6 Å². The van der Waals surface area contributed by atoms with Crippen molar-refractivity contribution in [1.29, 1.82) is 0 Å². The molecule has 0 aliphatic rings. The van der Waals surface area contributed by atoms with Gasteiger partial charge in [-0.1, -0.05) is 29.4 Å². The third kappa shape index (κ3) is 13.5. The van der Waals surface area contributed by atoms with E-state index in [4.69, 9.17) is 15.1 Å². The van der Waals surface area contributed by atoms with Crippen LogP contribution in [0.5, 0.6) is 0 Å². The number of rotatable bonds is 8. The first kappa shape index (κ1) is 25.3. The van der Waals surface area contributed by atoms with E-state index in [1.807, 2.05) is 38.1 Å². The van der Waals surface area contributed by atoms with Crippen molar-refractivity contribution < 1.29 is 29.7 Å². The van der Waals surface area contributed by atoms with Crippen LogP contribution in [0.25, 0.3) is 0 Å². The quantitative estimate of drug-likeness (QED) is 0.302. The molecule has 1 aromatic rings. The number of aliphatic carboxylic acids is 2. The maximum Gasteiger partial charge on any atom is 0.328 e. The van der Waals surface area contributed by atoms with Gasteiger partial charge in [-0.3, -0.25) is 0 Å². The molecule has 0 radical (unpaired) electrons. The number of carboxylic acid groups (broad SMARTS) is 2. The molecule has 1 atom stereocenters. The molecule has 8 nitrogen and oxygen atoms in total.